The molecule has 0 radical (unpaired) electrons. The number of aliphatic carboxylic acids is 1. The van der Waals surface area contributed by atoms with E-state index >= 15 is 0 Å². The predicted molar refractivity (Wildman–Crippen MR) is 78.1 cm³/mol. The van der Waals surface area contributed by atoms with Gasteiger partial charge >= 0.3 is 5.97 Å². The fourth-order valence-electron chi connectivity index (χ4n) is 3.21. The van der Waals surface area contributed by atoms with E-state index in [2.05, 4.69) is 0 Å². The molecule has 0 saturated carbocycles. The Hall–Kier alpha value is -3.29. The molecule has 0 amide bonds. The molecule has 2 aliphatic rings. The van der Waals surface area contributed by atoms with Crippen LogP contribution < -0.4 is 0 Å². The number of ketones is 2. The molecule has 0 aromatic heterocycles. The fraction of sp³-hybridized carbons (Fsp3) is 0.188. The zero-order valence-corrected chi connectivity index (χ0v) is 12.3. The second kappa shape index (κ2) is 4.85. The quantitative estimate of drug-likeness (QED) is 0.381. The summed E-state index contributed by atoms with van der Waals surface area (Å²) < 4.78 is 0. The molecular weight excluding hydrogens is 320 g/mol. The van der Waals surface area contributed by atoms with Crippen molar-refractivity contribution in [1.82, 2.24) is 0 Å². The normalized spacial score (nSPS) is 22.8. The zero-order valence-electron chi connectivity index (χ0n) is 12.3. The molecule has 0 heterocycles. The first-order valence-corrected chi connectivity index (χ1v) is 6.91. The Morgan fingerprint density at radius 1 is 1.00 bits per heavy atom. The minimum atomic E-state index is -1.41. The molecule has 124 valence electrons. The van der Waals surface area contributed by atoms with Gasteiger partial charge in [-0.05, 0) is 6.08 Å². The molecule has 0 spiro atoms. The van der Waals surface area contributed by atoms with E-state index in [1.54, 1.807) is 0 Å². The summed E-state index contributed by atoms with van der Waals surface area (Å²) in [6.07, 6.45) is 0.873. The third-order valence-electron chi connectivity index (χ3n) is 4.32. The molecule has 0 bridgehead atoms. The number of phenols is 3. The third kappa shape index (κ3) is 1.82. The smallest absolute Gasteiger partial charge is 0.314 e. The molecule has 3 rings (SSSR count). The Bertz CT molecular complexity index is 890. The second-order valence-electron chi connectivity index (χ2n) is 5.67. The van der Waals surface area contributed by atoms with E-state index in [0.29, 0.717) is 0 Å². The number of rotatable bonds is 1. The summed E-state index contributed by atoms with van der Waals surface area (Å²) in [5.41, 5.74) is -1.52. The van der Waals surface area contributed by atoms with Crippen LogP contribution in [0.15, 0.2) is 29.0 Å². The Kier molecular flexibility index (Phi) is 3.15. The number of phenolic OH excluding ortho intramolecular Hbond substituents is 3. The number of carboxylic acid groups (broad SMARTS) is 1. The minimum Gasteiger partial charge on any atom is -0.511 e. The monoisotopic (exact) mass is 332 g/mol. The van der Waals surface area contributed by atoms with Gasteiger partial charge in [0.15, 0.2) is 23.1 Å². The van der Waals surface area contributed by atoms with Crippen LogP contribution in [0.4, 0.5) is 0 Å². The highest BCUT2D eigenvalue weighted by molar-refractivity contribution is 6.30. The highest BCUT2D eigenvalue weighted by Gasteiger charge is 2.45. The number of Topliss-reactive ketones (excluding diaryl/α,β-unsaturated/α-hetero) is 2. The van der Waals surface area contributed by atoms with Gasteiger partial charge in [-0.3, -0.25) is 14.4 Å². The van der Waals surface area contributed by atoms with Gasteiger partial charge in [-0.15, -0.1) is 0 Å². The summed E-state index contributed by atoms with van der Waals surface area (Å²) >= 11 is 0. The van der Waals surface area contributed by atoms with Crippen LogP contribution in [-0.4, -0.2) is 43.1 Å². The molecule has 2 aliphatic carbocycles. The van der Waals surface area contributed by atoms with Crippen LogP contribution >= 0.6 is 0 Å². The largest absolute Gasteiger partial charge is 0.511 e. The van der Waals surface area contributed by atoms with Crippen molar-refractivity contribution >= 4 is 17.5 Å². The molecule has 2 atom stereocenters. The third-order valence-corrected chi connectivity index (χ3v) is 4.32. The van der Waals surface area contributed by atoms with Crippen molar-refractivity contribution < 1.29 is 39.9 Å². The first-order chi connectivity index (χ1) is 11.2. The molecule has 0 saturated heterocycles. The van der Waals surface area contributed by atoms with Crippen molar-refractivity contribution in [3.05, 3.63) is 40.2 Å². The summed E-state index contributed by atoms with van der Waals surface area (Å²) in [4.78, 5) is 36.6. The van der Waals surface area contributed by atoms with Crippen LogP contribution in [0.3, 0.4) is 0 Å². The fourth-order valence-corrected chi connectivity index (χ4v) is 3.21. The number of aliphatic hydroxyl groups is 1. The van der Waals surface area contributed by atoms with Gasteiger partial charge in [0.05, 0.1) is 11.1 Å². The standard InChI is InChI=1S/C16H12O8/c1-4-9-5(2-6(17)10(4)16(23)24)13(20)12-11(15(9)22)7(18)3-8(19)14(12)21/h2-4,10,17-19,21H,1H3,(H,23,24). The molecule has 1 aromatic carbocycles. The molecule has 2 unspecified atom stereocenters. The maximum Gasteiger partial charge on any atom is 0.314 e. The lowest BCUT2D eigenvalue weighted by Crippen LogP contribution is -2.35. The van der Waals surface area contributed by atoms with Gasteiger partial charge < -0.3 is 25.5 Å². The van der Waals surface area contributed by atoms with E-state index in [1.807, 2.05) is 0 Å². The second-order valence-corrected chi connectivity index (χ2v) is 5.67. The molecule has 0 fully saturated rings. The average Bonchev–Trinajstić information content (AvgIpc) is 2.47. The molecule has 8 heteroatoms. The Morgan fingerprint density at radius 2 is 1.62 bits per heavy atom. The first-order valence-electron chi connectivity index (χ1n) is 6.91. The molecular formula is C16H12O8. The van der Waals surface area contributed by atoms with E-state index in [9.17, 15) is 39.9 Å². The summed E-state index contributed by atoms with van der Waals surface area (Å²) in [6.45, 7) is 1.37. The molecule has 1 aromatic rings. The molecule has 8 nitrogen and oxygen atoms in total. The van der Waals surface area contributed by atoms with E-state index in [1.165, 1.54) is 6.92 Å². The first kappa shape index (κ1) is 15.6. The van der Waals surface area contributed by atoms with Crippen LogP contribution in [0.2, 0.25) is 0 Å². The van der Waals surface area contributed by atoms with Crippen LogP contribution in [0.1, 0.15) is 27.6 Å². The van der Waals surface area contributed by atoms with Crippen LogP contribution in [-0.2, 0) is 4.79 Å². The lowest BCUT2D eigenvalue weighted by molar-refractivity contribution is -0.142. The van der Waals surface area contributed by atoms with Crippen molar-refractivity contribution in [2.45, 2.75) is 6.92 Å². The van der Waals surface area contributed by atoms with E-state index in [0.717, 1.165) is 12.1 Å². The Balaban J connectivity index is 2.31. The number of hydrogen-bond acceptors (Lipinski definition) is 7. The highest BCUT2D eigenvalue weighted by Crippen LogP contribution is 2.47. The van der Waals surface area contributed by atoms with Gasteiger partial charge in [0.2, 0.25) is 0 Å². The molecule has 5 N–H and O–H groups in total. The van der Waals surface area contributed by atoms with Crippen LogP contribution in [0.25, 0.3) is 0 Å². The van der Waals surface area contributed by atoms with Gasteiger partial charge in [0, 0.05) is 23.1 Å². The summed E-state index contributed by atoms with van der Waals surface area (Å²) in [6, 6.07) is 0.723. The van der Waals surface area contributed by atoms with Gasteiger partial charge in [-0.1, -0.05) is 6.92 Å². The topological polar surface area (TPSA) is 152 Å². The number of aliphatic hydroxyl groups excluding tert-OH is 1. The number of carboxylic acids is 1. The van der Waals surface area contributed by atoms with Crippen molar-refractivity contribution in [3.8, 4) is 17.2 Å². The number of benzene rings is 1. The lowest BCUT2D eigenvalue weighted by Gasteiger charge is -2.31. The summed E-state index contributed by atoms with van der Waals surface area (Å²) in [7, 11) is 0. The Labute approximate surface area is 134 Å². The number of aromatic hydroxyl groups is 3. The maximum absolute atomic E-state index is 12.7. The van der Waals surface area contributed by atoms with Crippen molar-refractivity contribution in [2.75, 3.05) is 0 Å². The van der Waals surface area contributed by atoms with Crippen molar-refractivity contribution in [1.29, 1.82) is 0 Å². The molecule has 0 aliphatic heterocycles. The summed E-state index contributed by atoms with van der Waals surface area (Å²) in [5, 5.41) is 48.4. The van der Waals surface area contributed by atoms with E-state index in [-0.39, 0.29) is 11.1 Å². The number of fused-ring (bicyclic) bond motifs is 1. The van der Waals surface area contributed by atoms with Gasteiger partial charge in [-0.2, -0.15) is 0 Å². The number of carbonyl (C=O) groups excluding carboxylic acids is 2. The predicted octanol–water partition coefficient (Wildman–Crippen LogP) is 1.27. The minimum absolute atomic E-state index is 0.168. The van der Waals surface area contributed by atoms with Gasteiger partial charge in [-0.25, -0.2) is 0 Å². The van der Waals surface area contributed by atoms with E-state index in [4.69, 9.17) is 0 Å². The van der Waals surface area contributed by atoms with Crippen molar-refractivity contribution in [3.63, 3.8) is 0 Å². The van der Waals surface area contributed by atoms with Gasteiger partial charge in [0.1, 0.15) is 17.4 Å². The maximum atomic E-state index is 12.7. The van der Waals surface area contributed by atoms with Gasteiger partial charge in [0.25, 0.3) is 0 Å². The SMILES string of the molecule is CC1C2=C(C=C(O)C1C(=O)O)C(=O)c1c(O)c(O)cc(O)c1C2=O. The number of hydrogen-bond donors (Lipinski definition) is 5. The lowest BCUT2D eigenvalue weighted by atomic mass is 9.71. The van der Waals surface area contributed by atoms with Crippen LogP contribution in [0.5, 0.6) is 17.2 Å². The molecule has 24 heavy (non-hydrogen) atoms. The van der Waals surface area contributed by atoms with Crippen molar-refractivity contribution in [2.24, 2.45) is 11.8 Å². The number of carbonyl (C=O) groups is 3. The number of allylic oxidation sites excluding steroid dienone is 3. The zero-order chi connectivity index (χ0) is 17.9. The van der Waals surface area contributed by atoms with Crippen LogP contribution in [0, 0.1) is 11.8 Å². The Morgan fingerprint density at radius 3 is 2.21 bits per heavy atom. The highest BCUT2D eigenvalue weighted by atomic mass is 16.4. The van der Waals surface area contributed by atoms with E-state index < -0.39 is 63.5 Å². The average molecular weight is 332 g/mol. The summed E-state index contributed by atoms with van der Waals surface area (Å²) in [5.74, 6) is -8.49.